The zero-order valence-corrected chi connectivity index (χ0v) is 16.3. The van der Waals surface area contributed by atoms with Gasteiger partial charge in [0, 0.05) is 23.9 Å². The minimum atomic E-state index is -3.48. The molecular weight excluding hydrogens is 324 g/mol. The molecule has 2 unspecified atom stereocenters. The molecule has 3 aliphatic rings. The van der Waals surface area contributed by atoms with E-state index in [0.29, 0.717) is 12.3 Å². The van der Waals surface area contributed by atoms with Gasteiger partial charge in [0.1, 0.15) is 5.78 Å². The summed E-state index contributed by atoms with van der Waals surface area (Å²) < 4.78 is 28.9. The Labute approximate surface area is 146 Å². The number of ketones is 1. The second kappa shape index (κ2) is 6.06. The van der Waals surface area contributed by atoms with Crippen molar-refractivity contribution in [3.8, 4) is 0 Å². The fourth-order valence-electron chi connectivity index (χ4n) is 5.57. The van der Waals surface area contributed by atoms with E-state index < -0.39 is 15.4 Å². The van der Waals surface area contributed by atoms with Crippen LogP contribution in [0.1, 0.15) is 58.8 Å². The van der Waals surface area contributed by atoms with Gasteiger partial charge in [-0.1, -0.05) is 26.7 Å². The van der Waals surface area contributed by atoms with Gasteiger partial charge in [-0.2, -0.15) is 0 Å². The van der Waals surface area contributed by atoms with Crippen molar-refractivity contribution in [2.24, 2.45) is 16.7 Å². The standard InChI is InChI=1S/C18H32N2O3S/c1-17(2)13-9-10-18(17,16(21)11-13)12-24(22,23)19-14-7-5-6-8-15(14)20(3)4/h13-15,19H,5-12H2,1-4H3/t13?,14-,15-,18?/m1/s1. The molecule has 0 aromatic heterocycles. The van der Waals surface area contributed by atoms with Gasteiger partial charge in [-0.3, -0.25) is 4.79 Å². The van der Waals surface area contributed by atoms with Crippen LogP contribution in [0.3, 0.4) is 0 Å². The van der Waals surface area contributed by atoms with Gasteiger partial charge in [-0.25, -0.2) is 13.1 Å². The van der Waals surface area contributed by atoms with Crippen molar-refractivity contribution in [3.63, 3.8) is 0 Å². The highest BCUT2D eigenvalue weighted by molar-refractivity contribution is 7.89. The van der Waals surface area contributed by atoms with Crippen LogP contribution in [0.2, 0.25) is 0 Å². The highest BCUT2D eigenvalue weighted by Gasteiger charge is 2.65. The third-order valence-corrected chi connectivity index (χ3v) is 8.83. The molecule has 0 saturated heterocycles. The summed E-state index contributed by atoms with van der Waals surface area (Å²) >= 11 is 0. The normalized spacial score (nSPS) is 38.9. The number of likely N-dealkylation sites (N-methyl/N-ethyl adjacent to an activating group) is 1. The fraction of sp³-hybridized carbons (Fsp3) is 0.944. The Morgan fingerprint density at radius 2 is 1.83 bits per heavy atom. The molecule has 0 heterocycles. The Kier molecular flexibility index (Phi) is 4.63. The van der Waals surface area contributed by atoms with Crippen LogP contribution in [0, 0.1) is 16.7 Å². The van der Waals surface area contributed by atoms with Crippen molar-refractivity contribution >= 4 is 15.8 Å². The largest absolute Gasteiger partial charge is 0.305 e. The van der Waals surface area contributed by atoms with Crippen LogP contribution in [0.4, 0.5) is 0 Å². The molecule has 1 N–H and O–H groups in total. The van der Waals surface area contributed by atoms with Crippen molar-refractivity contribution < 1.29 is 13.2 Å². The zero-order chi connectivity index (χ0) is 17.8. The third kappa shape index (κ3) is 2.84. The van der Waals surface area contributed by atoms with Crippen LogP contribution in [0.25, 0.3) is 0 Å². The van der Waals surface area contributed by atoms with Gasteiger partial charge < -0.3 is 4.90 Å². The summed E-state index contributed by atoms with van der Waals surface area (Å²) in [5.74, 6) is 0.491. The first-order valence-electron chi connectivity index (χ1n) is 9.29. The van der Waals surface area contributed by atoms with Crippen molar-refractivity contribution in [1.82, 2.24) is 9.62 Å². The van der Waals surface area contributed by atoms with E-state index in [1.807, 2.05) is 14.1 Å². The molecule has 0 aliphatic heterocycles. The topological polar surface area (TPSA) is 66.5 Å². The van der Waals surface area contributed by atoms with Gasteiger partial charge in [0.05, 0.1) is 5.75 Å². The summed E-state index contributed by atoms with van der Waals surface area (Å²) in [4.78, 5) is 14.7. The summed E-state index contributed by atoms with van der Waals surface area (Å²) in [5.41, 5.74) is -0.877. The van der Waals surface area contributed by atoms with Crippen LogP contribution in [-0.4, -0.2) is 51.0 Å². The summed E-state index contributed by atoms with van der Waals surface area (Å²) in [7, 11) is 0.554. The highest BCUT2D eigenvalue weighted by Crippen LogP contribution is 2.64. The predicted molar refractivity (Wildman–Crippen MR) is 95.2 cm³/mol. The van der Waals surface area contributed by atoms with E-state index >= 15 is 0 Å². The van der Waals surface area contributed by atoms with Crippen molar-refractivity contribution in [2.45, 2.75) is 70.9 Å². The molecule has 3 saturated carbocycles. The number of carbonyl (C=O) groups excluding carboxylic acids is 1. The van der Waals surface area contributed by atoms with E-state index in [-0.39, 0.29) is 29.0 Å². The van der Waals surface area contributed by atoms with E-state index in [1.54, 1.807) is 0 Å². The van der Waals surface area contributed by atoms with Gasteiger partial charge in [0.2, 0.25) is 10.0 Å². The van der Waals surface area contributed by atoms with Gasteiger partial charge in [-0.15, -0.1) is 0 Å². The van der Waals surface area contributed by atoms with Crippen molar-refractivity contribution in [2.75, 3.05) is 19.8 Å². The summed E-state index contributed by atoms with van der Waals surface area (Å²) in [5, 5.41) is 0. The highest BCUT2D eigenvalue weighted by atomic mass is 32.2. The smallest absolute Gasteiger partial charge is 0.212 e. The Bertz CT molecular complexity index is 614. The second-order valence-corrected chi connectivity index (χ2v) is 10.7. The van der Waals surface area contributed by atoms with Gasteiger partial charge in [0.25, 0.3) is 0 Å². The van der Waals surface area contributed by atoms with E-state index in [4.69, 9.17) is 0 Å². The maximum absolute atomic E-state index is 13.0. The van der Waals surface area contributed by atoms with Crippen molar-refractivity contribution in [1.29, 1.82) is 0 Å². The van der Waals surface area contributed by atoms with Crippen LogP contribution in [0.15, 0.2) is 0 Å². The molecule has 6 heteroatoms. The summed E-state index contributed by atoms with van der Waals surface area (Å²) in [6, 6.07) is 0.210. The molecule has 2 bridgehead atoms. The lowest BCUT2D eigenvalue weighted by molar-refractivity contribution is -0.128. The third-order valence-electron chi connectivity index (χ3n) is 7.30. The molecule has 0 aromatic carbocycles. The predicted octanol–water partition coefficient (Wildman–Crippen LogP) is 2.17. The zero-order valence-electron chi connectivity index (χ0n) is 15.5. The number of rotatable bonds is 5. The minimum Gasteiger partial charge on any atom is -0.305 e. The average Bonchev–Trinajstić information content (AvgIpc) is 2.80. The molecule has 0 aromatic rings. The molecule has 24 heavy (non-hydrogen) atoms. The molecule has 0 radical (unpaired) electrons. The van der Waals surface area contributed by atoms with E-state index in [0.717, 1.165) is 38.5 Å². The molecule has 138 valence electrons. The van der Waals surface area contributed by atoms with E-state index in [1.165, 1.54) is 0 Å². The van der Waals surface area contributed by atoms with Crippen LogP contribution in [-0.2, 0) is 14.8 Å². The number of nitrogens with one attached hydrogen (secondary N) is 1. The van der Waals surface area contributed by atoms with Gasteiger partial charge >= 0.3 is 0 Å². The van der Waals surface area contributed by atoms with Crippen molar-refractivity contribution in [3.05, 3.63) is 0 Å². The molecule has 0 spiro atoms. The quantitative estimate of drug-likeness (QED) is 0.820. The van der Waals surface area contributed by atoms with E-state index in [2.05, 4.69) is 23.5 Å². The number of hydrogen-bond donors (Lipinski definition) is 1. The van der Waals surface area contributed by atoms with Crippen LogP contribution in [0.5, 0.6) is 0 Å². The van der Waals surface area contributed by atoms with Gasteiger partial charge in [0.15, 0.2) is 0 Å². The Hall–Kier alpha value is -0.460. The minimum absolute atomic E-state index is 0.0288. The van der Waals surface area contributed by atoms with E-state index in [9.17, 15) is 13.2 Å². The van der Waals surface area contributed by atoms with Crippen LogP contribution >= 0.6 is 0 Å². The lowest BCUT2D eigenvalue weighted by Crippen LogP contribution is -2.54. The average molecular weight is 357 g/mol. The Morgan fingerprint density at radius 1 is 1.17 bits per heavy atom. The van der Waals surface area contributed by atoms with Gasteiger partial charge in [-0.05, 0) is 51.1 Å². The second-order valence-electron chi connectivity index (χ2n) is 8.97. The Balaban J connectivity index is 1.78. The Morgan fingerprint density at radius 3 is 2.38 bits per heavy atom. The number of nitrogens with zero attached hydrogens (tertiary/aromatic N) is 1. The number of hydrogen-bond acceptors (Lipinski definition) is 4. The lowest BCUT2D eigenvalue weighted by atomic mass is 9.70. The summed E-state index contributed by atoms with van der Waals surface area (Å²) in [6.45, 7) is 4.18. The first kappa shape index (κ1) is 18.3. The molecule has 3 aliphatic carbocycles. The summed E-state index contributed by atoms with van der Waals surface area (Å²) in [6.07, 6.45) is 6.40. The SMILES string of the molecule is CN(C)[C@@H]1CCCC[C@H]1NS(=O)(=O)CC12CCC(CC1=O)C2(C)C. The monoisotopic (exact) mass is 356 g/mol. The lowest BCUT2D eigenvalue weighted by Gasteiger charge is -2.39. The fourth-order valence-corrected chi connectivity index (χ4v) is 7.72. The maximum atomic E-state index is 13.0. The number of fused-ring (bicyclic) bond motifs is 2. The number of carbonyl (C=O) groups is 1. The number of sulfonamides is 1. The first-order chi connectivity index (χ1) is 11.1. The molecule has 0 amide bonds. The number of Topliss-reactive ketones (excluding diaryl/α,β-unsaturated/α-hetero) is 1. The molecule has 3 rings (SSSR count). The molecular formula is C18H32N2O3S. The maximum Gasteiger partial charge on any atom is 0.212 e. The molecule has 4 atom stereocenters. The van der Waals surface area contributed by atoms with Crippen LogP contribution < -0.4 is 4.72 Å². The molecule has 5 nitrogen and oxygen atoms in total. The molecule has 3 fully saturated rings. The first-order valence-corrected chi connectivity index (χ1v) is 10.9.